The van der Waals surface area contributed by atoms with Crippen molar-refractivity contribution in [2.24, 2.45) is 5.92 Å². The number of carbonyl (C=O) groups is 2. The molecule has 0 bridgehead atoms. The number of hydrogen-bond donors (Lipinski definition) is 0. The van der Waals surface area contributed by atoms with Gasteiger partial charge in [0.25, 0.3) is 5.91 Å². The first-order valence-corrected chi connectivity index (χ1v) is 9.70. The number of thiophene rings is 1. The topological polar surface area (TPSA) is 43.9 Å². The minimum atomic E-state index is -0.414. The molecule has 5 nitrogen and oxygen atoms in total. The fourth-order valence-electron chi connectivity index (χ4n) is 3.96. The van der Waals surface area contributed by atoms with Crippen LogP contribution < -0.4 is 0 Å². The lowest BCUT2D eigenvalue weighted by molar-refractivity contribution is -0.154. The van der Waals surface area contributed by atoms with Crippen LogP contribution in [-0.2, 0) is 4.79 Å². The summed E-state index contributed by atoms with van der Waals surface area (Å²) in [6.45, 7) is 8.38. The number of likely N-dealkylation sites (N-methyl/N-ethyl adjacent to an activating group) is 1. The maximum absolute atomic E-state index is 13.0. The van der Waals surface area contributed by atoms with Crippen molar-refractivity contribution in [2.75, 3.05) is 39.8 Å². The van der Waals surface area contributed by atoms with Crippen molar-refractivity contribution in [1.82, 2.24) is 14.7 Å². The summed E-state index contributed by atoms with van der Waals surface area (Å²) in [6.07, 6.45) is 1.47. The van der Waals surface area contributed by atoms with Gasteiger partial charge in [0.05, 0.1) is 5.56 Å². The van der Waals surface area contributed by atoms with Gasteiger partial charge in [0.1, 0.15) is 5.54 Å². The summed E-state index contributed by atoms with van der Waals surface area (Å²) in [4.78, 5) is 31.7. The Morgan fingerprint density at radius 3 is 2.54 bits per heavy atom. The Balaban J connectivity index is 1.75. The van der Waals surface area contributed by atoms with Crippen LogP contribution in [0, 0.1) is 5.92 Å². The Hall–Kier alpha value is -1.40. The lowest BCUT2D eigenvalue weighted by Crippen LogP contribution is -2.68. The average Bonchev–Trinajstić information content (AvgIpc) is 3.10. The van der Waals surface area contributed by atoms with Gasteiger partial charge in [-0.15, -0.1) is 0 Å². The molecule has 1 aromatic heterocycles. The molecule has 1 spiro atoms. The highest BCUT2D eigenvalue weighted by atomic mass is 32.1. The molecule has 2 fully saturated rings. The lowest BCUT2D eigenvalue weighted by atomic mass is 9.82. The zero-order valence-electron chi connectivity index (χ0n) is 14.8. The summed E-state index contributed by atoms with van der Waals surface area (Å²) in [7, 11) is 1.90. The Morgan fingerprint density at radius 2 is 1.96 bits per heavy atom. The Labute approximate surface area is 148 Å². The number of piperidine rings is 1. The number of piperazine rings is 1. The summed E-state index contributed by atoms with van der Waals surface area (Å²) in [5.74, 6) is 0.860. The van der Waals surface area contributed by atoms with Gasteiger partial charge < -0.3 is 9.80 Å². The second-order valence-electron chi connectivity index (χ2n) is 7.40. The van der Waals surface area contributed by atoms with Gasteiger partial charge in [-0.2, -0.15) is 11.3 Å². The van der Waals surface area contributed by atoms with Gasteiger partial charge in [0.15, 0.2) is 0 Å². The molecule has 1 aromatic rings. The van der Waals surface area contributed by atoms with Gasteiger partial charge >= 0.3 is 0 Å². The molecule has 132 valence electrons. The van der Waals surface area contributed by atoms with Crippen LogP contribution in [0.15, 0.2) is 16.8 Å². The van der Waals surface area contributed by atoms with Gasteiger partial charge in [-0.1, -0.05) is 13.8 Å². The van der Waals surface area contributed by atoms with Gasteiger partial charge in [-0.25, -0.2) is 0 Å². The van der Waals surface area contributed by atoms with Crippen molar-refractivity contribution < 1.29 is 9.59 Å². The second-order valence-corrected chi connectivity index (χ2v) is 8.18. The van der Waals surface area contributed by atoms with Gasteiger partial charge in [0.2, 0.25) is 5.91 Å². The SMILES string of the molecule is CC(C)CN1CCN(C)C(=O)C12CCN(C(=O)c1ccsc1)CC2. The van der Waals surface area contributed by atoms with E-state index in [2.05, 4.69) is 18.7 Å². The minimum Gasteiger partial charge on any atom is -0.343 e. The number of amides is 2. The molecule has 2 saturated heterocycles. The number of carbonyl (C=O) groups excluding carboxylic acids is 2. The smallest absolute Gasteiger partial charge is 0.254 e. The monoisotopic (exact) mass is 349 g/mol. The standard InChI is InChI=1S/C18H27N3O2S/c1-14(2)12-21-10-9-19(3)17(23)18(21)5-7-20(8-6-18)16(22)15-4-11-24-13-15/h4,11,13-14H,5-10,12H2,1-3H3. The van der Waals surface area contributed by atoms with E-state index in [1.54, 1.807) is 11.3 Å². The third-order valence-electron chi connectivity index (χ3n) is 5.29. The van der Waals surface area contributed by atoms with Crippen molar-refractivity contribution in [1.29, 1.82) is 0 Å². The van der Waals surface area contributed by atoms with Gasteiger partial charge in [-0.05, 0) is 30.2 Å². The molecule has 0 unspecified atom stereocenters. The van der Waals surface area contributed by atoms with Crippen LogP contribution in [0.5, 0.6) is 0 Å². The van der Waals surface area contributed by atoms with Crippen molar-refractivity contribution in [3.63, 3.8) is 0 Å². The van der Waals surface area contributed by atoms with Gasteiger partial charge in [-0.3, -0.25) is 14.5 Å². The molecule has 6 heteroatoms. The molecular formula is C18H27N3O2S. The van der Waals surface area contributed by atoms with Crippen LogP contribution in [-0.4, -0.2) is 71.8 Å². The molecule has 0 aliphatic carbocycles. The van der Waals surface area contributed by atoms with Crippen LogP contribution in [0.4, 0.5) is 0 Å². The van der Waals surface area contributed by atoms with E-state index in [-0.39, 0.29) is 11.8 Å². The second kappa shape index (κ2) is 6.84. The molecule has 0 atom stereocenters. The summed E-state index contributed by atoms with van der Waals surface area (Å²) < 4.78 is 0. The van der Waals surface area contributed by atoms with Crippen molar-refractivity contribution in [2.45, 2.75) is 32.2 Å². The summed E-state index contributed by atoms with van der Waals surface area (Å²) in [5.41, 5.74) is 0.352. The maximum Gasteiger partial charge on any atom is 0.254 e. The molecule has 0 radical (unpaired) electrons. The third kappa shape index (κ3) is 3.09. The average molecular weight is 350 g/mol. The van der Waals surface area contributed by atoms with Gasteiger partial charge in [0, 0.05) is 45.2 Å². The lowest BCUT2D eigenvalue weighted by Gasteiger charge is -2.52. The first kappa shape index (κ1) is 17.4. The van der Waals surface area contributed by atoms with E-state index in [0.29, 0.717) is 19.0 Å². The zero-order chi connectivity index (χ0) is 17.3. The van der Waals surface area contributed by atoms with Crippen LogP contribution in [0.1, 0.15) is 37.0 Å². The molecule has 3 heterocycles. The first-order chi connectivity index (χ1) is 11.4. The molecule has 24 heavy (non-hydrogen) atoms. The molecule has 0 N–H and O–H groups in total. The largest absolute Gasteiger partial charge is 0.343 e. The highest BCUT2D eigenvalue weighted by molar-refractivity contribution is 7.08. The van der Waals surface area contributed by atoms with E-state index in [0.717, 1.165) is 38.0 Å². The number of nitrogens with zero attached hydrogens (tertiary/aromatic N) is 3. The van der Waals surface area contributed by atoms with Crippen LogP contribution in [0.25, 0.3) is 0 Å². The highest BCUT2D eigenvalue weighted by Crippen LogP contribution is 2.34. The van der Waals surface area contributed by atoms with Crippen LogP contribution in [0.3, 0.4) is 0 Å². The van der Waals surface area contributed by atoms with E-state index in [9.17, 15) is 9.59 Å². The first-order valence-electron chi connectivity index (χ1n) is 8.76. The molecule has 0 saturated carbocycles. The maximum atomic E-state index is 13.0. The Bertz CT molecular complexity index is 591. The molecule has 2 amide bonds. The fourth-order valence-corrected chi connectivity index (χ4v) is 4.59. The van der Waals surface area contributed by atoms with Crippen molar-refractivity contribution in [3.05, 3.63) is 22.4 Å². The molecule has 3 rings (SSSR count). The molecule has 2 aliphatic rings. The molecular weight excluding hydrogens is 322 g/mol. The Kier molecular flexibility index (Phi) is 4.97. The summed E-state index contributed by atoms with van der Waals surface area (Å²) >= 11 is 1.54. The van der Waals surface area contributed by atoms with Crippen molar-refractivity contribution >= 4 is 23.2 Å². The number of hydrogen-bond acceptors (Lipinski definition) is 4. The van der Waals surface area contributed by atoms with E-state index >= 15 is 0 Å². The molecule has 0 aromatic carbocycles. The predicted molar refractivity (Wildman–Crippen MR) is 96.2 cm³/mol. The minimum absolute atomic E-state index is 0.0955. The highest BCUT2D eigenvalue weighted by Gasteiger charge is 2.50. The normalized spacial score (nSPS) is 21.8. The fraction of sp³-hybridized carbons (Fsp3) is 0.667. The van der Waals surface area contributed by atoms with E-state index in [4.69, 9.17) is 0 Å². The van der Waals surface area contributed by atoms with E-state index in [1.807, 2.05) is 33.7 Å². The number of likely N-dealkylation sites (tertiary alicyclic amines) is 1. The predicted octanol–water partition coefficient (Wildman–Crippen LogP) is 2.15. The van der Waals surface area contributed by atoms with E-state index in [1.165, 1.54) is 0 Å². The van der Waals surface area contributed by atoms with Crippen molar-refractivity contribution in [3.8, 4) is 0 Å². The Morgan fingerprint density at radius 1 is 1.25 bits per heavy atom. The van der Waals surface area contributed by atoms with Crippen LogP contribution >= 0.6 is 11.3 Å². The van der Waals surface area contributed by atoms with Crippen LogP contribution in [0.2, 0.25) is 0 Å². The quantitative estimate of drug-likeness (QED) is 0.840. The number of rotatable bonds is 3. The molecule has 2 aliphatic heterocycles. The van der Waals surface area contributed by atoms with E-state index < -0.39 is 5.54 Å². The summed E-state index contributed by atoms with van der Waals surface area (Å²) in [6, 6.07) is 1.88. The zero-order valence-corrected chi connectivity index (χ0v) is 15.6. The third-order valence-corrected chi connectivity index (χ3v) is 5.97. The summed E-state index contributed by atoms with van der Waals surface area (Å²) in [5, 5.41) is 3.83.